The molecule has 0 saturated carbocycles. The summed E-state index contributed by atoms with van der Waals surface area (Å²) in [5.41, 5.74) is 0.715. The molecule has 1 fully saturated rings. The van der Waals surface area contributed by atoms with E-state index in [0.29, 0.717) is 30.0 Å². The van der Waals surface area contributed by atoms with Crippen molar-refractivity contribution in [3.8, 4) is 5.82 Å². The Balaban J connectivity index is 1.55. The van der Waals surface area contributed by atoms with E-state index in [1.54, 1.807) is 7.11 Å². The minimum atomic E-state index is -0.545. The van der Waals surface area contributed by atoms with Gasteiger partial charge in [0.05, 0.1) is 12.0 Å². The van der Waals surface area contributed by atoms with Gasteiger partial charge in [-0.05, 0) is 23.6 Å². The van der Waals surface area contributed by atoms with E-state index in [9.17, 15) is 9.59 Å². The Hall–Kier alpha value is -2.75. The number of rotatable bonds is 7. The van der Waals surface area contributed by atoms with Crippen LogP contribution in [0.25, 0.3) is 16.8 Å². The van der Waals surface area contributed by atoms with Crippen molar-refractivity contribution in [1.82, 2.24) is 24.5 Å². The van der Waals surface area contributed by atoms with Gasteiger partial charge in [-0.2, -0.15) is 0 Å². The van der Waals surface area contributed by atoms with Gasteiger partial charge in [0.15, 0.2) is 11.4 Å². The van der Waals surface area contributed by atoms with E-state index in [1.807, 2.05) is 18.2 Å². The van der Waals surface area contributed by atoms with Crippen LogP contribution in [-0.2, 0) is 11.3 Å². The first kappa shape index (κ1) is 21.5. The molecule has 1 aliphatic rings. The van der Waals surface area contributed by atoms with E-state index >= 15 is 0 Å². The van der Waals surface area contributed by atoms with Crippen LogP contribution in [0.2, 0.25) is 0 Å². The van der Waals surface area contributed by atoms with Crippen LogP contribution in [0.5, 0.6) is 0 Å². The maximum atomic E-state index is 12.2. The number of methoxy groups -OCH3 is 1. The van der Waals surface area contributed by atoms with Gasteiger partial charge in [0, 0.05) is 58.1 Å². The summed E-state index contributed by atoms with van der Waals surface area (Å²) >= 11 is 0. The van der Waals surface area contributed by atoms with Crippen molar-refractivity contribution >= 4 is 11.0 Å². The van der Waals surface area contributed by atoms with Crippen LogP contribution in [0.4, 0.5) is 0 Å². The predicted octanol–water partition coefficient (Wildman–Crippen LogP) is 1.46. The molecular formula is C22H29N5O4. The lowest BCUT2D eigenvalue weighted by Crippen LogP contribution is -2.55. The third-order valence-electron chi connectivity index (χ3n) is 5.62. The van der Waals surface area contributed by atoms with Gasteiger partial charge in [0.2, 0.25) is 0 Å². The zero-order chi connectivity index (χ0) is 22.0. The molecule has 1 aromatic carbocycles. The molecule has 2 aromatic heterocycles. The smallest absolute Gasteiger partial charge is 0.334 e. The van der Waals surface area contributed by atoms with Gasteiger partial charge in [0.25, 0.3) is 5.56 Å². The Morgan fingerprint density at radius 2 is 2.10 bits per heavy atom. The van der Waals surface area contributed by atoms with Crippen molar-refractivity contribution in [2.45, 2.75) is 26.4 Å². The Labute approximate surface area is 180 Å². The van der Waals surface area contributed by atoms with Gasteiger partial charge < -0.3 is 9.26 Å². The molecule has 1 atom stereocenters. The number of piperazine rings is 1. The molecule has 3 aromatic rings. The molecule has 0 amide bonds. The fourth-order valence-electron chi connectivity index (χ4n) is 4.25. The summed E-state index contributed by atoms with van der Waals surface area (Å²) in [6, 6.07) is 7.57. The first-order chi connectivity index (χ1) is 14.9. The summed E-state index contributed by atoms with van der Waals surface area (Å²) in [5.74, 6) is 0.994. The second-order valence-corrected chi connectivity index (χ2v) is 8.55. The van der Waals surface area contributed by atoms with Crippen LogP contribution in [0.15, 0.2) is 44.6 Å². The highest BCUT2D eigenvalue weighted by Crippen LogP contribution is 2.23. The first-order valence-electron chi connectivity index (χ1n) is 10.6. The zero-order valence-electron chi connectivity index (χ0n) is 18.2. The first-order valence-corrected chi connectivity index (χ1v) is 10.6. The van der Waals surface area contributed by atoms with Crippen LogP contribution in [0.1, 0.15) is 19.4 Å². The summed E-state index contributed by atoms with van der Waals surface area (Å²) in [6.07, 6.45) is 1.41. The molecule has 166 valence electrons. The number of aromatic nitrogens is 3. The molecule has 0 spiro atoms. The van der Waals surface area contributed by atoms with E-state index in [4.69, 9.17) is 9.26 Å². The zero-order valence-corrected chi connectivity index (χ0v) is 18.2. The minimum absolute atomic E-state index is 0.371. The quantitative estimate of drug-likeness (QED) is 0.610. The van der Waals surface area contributed by atoms with Crippen molar-refractivity contribution in [2.24, 2.45) is 5.92 Å². The van der Waals surface area contributed by atoms with E-state index in [2.05, 4.69) is 33.8 Å². The van der Waals surface area contributed by atoms with Gasteiger partial charge in [-0.3, -0.25) is 19.6 Å². The average molecular weight is 428 g/mol. The third-order valence-corrected chi connectivity index (χ3v) is 5.62. The molecule has 9 nitrogen and oxygen atoms in total. The number of nitrogens with zero attached hydrogens (tertiary/aromatic N) is 4. The minimum Gasteiger partial charge on any atom is -0.383 e. The standard InChI is InChI=1S/C22H29N5O4/c1-15(2)11-26-9-8-25(13-17(26)14-30-3)12-16-4-5-19-18(10-16)21(24-31-19)27-7-6-20(28)23-22(27)29/h4-7,10,15,17H,8-9,11-14H2,1-3H3,(H,23,28,29). The van der Waals surface area contributed by atoms with Gasteiger partial charge in [-0.25, -0.2) is 9.36 Å². The van der Waals surface area contributed by atoms with Crippen molar-refractivity contribution in [2.75, 3.05) is 39.9 Å². The highest BCUT2D eigenvalue weighted by Gasteiger charge is 2.27. The lowest BCUT2D eigenvalue weighted by atomic mass is 10.1. The van der Waals surface area contributed by atoms with Crippen LogP contribution >= 0.6 is 0 Å². The van der Waals surface area contributed by atoms with Crippen LogP contribution in [0, 0.1) is 5.92 Å². The highest BCUT2D eigenvalue weighted by atomic mass is 16.5. The molecule has 0 bridgehead atoms. The van der Waals surface area contributed by atoms with Crippen molar-refractivity contribution in [1.29, 1.82) is 0 Å². The van der Waals surface area contributed by atoms with Crippen LogP contribution < -0.4 is 11.2 Å². The predicted molar refractivity (Wildman–Crippen MR) is 118 cm³/mol. The summed E-state index contributed by atoms with van der Waals surface area (Å²) < 4.78 is 12.2. The van der Waals surface area contributed by atoms with Crippen molar-refractivity contribution < 1.29 is 9.26 Å². The van der Waals surface area contributed by atoms with Gasteiger partial charge >= 0.3 is 5.69 Å². The molecule has 9 heteroatoms. The van der Waals surface area contributed by atoms with Crippen LogP contribution in [-0.4, -0.2) is 70.4 Å². The molecule has 4 rings (SSSR count). The van der Waals surface area contributed by atoms with Gasteiger partial charge in [-0.1, -0.05) is 25.1 Å². The largest absolute Gasteiger partial charge is 0.383 e. The molecular weight excluding hydrogens is 398 g/mol. The van der Waals surface area contributed by atoms with E-state index < -0.39 is 11.2 Å². The molecule has 3 heterocycles. The van der Waals surface area contributed by atoms with E-state index in [-0.39, 0.29) is 0 Å². The maximum Gasteiger partial charge on any atom is 0.334 e. The number of H-pyrrole nitrogens is 1. The fourth-order valence-corrected chi connectivity index (χ4v) is 4.25. The molecule has 0 radical (unpaired) electrons. The number of hydrogen-bond donors (Lipinski definition) is 1. The summed E-state index contributed by atoms with van der Waals surface area (Å²) in [5, 5.41) is 4.78. The van der Waals surface area contributed by atoms with Gasteiger partial charge in [0.1, 0.15) is 0 Å². The molecule has 1 saturated heterocycles. The number of benzene rings is 1. The Morgan fingerprint density at radius 1 is 1.26 bits per heavy atom. The van der Waals surface area contributed by atoms with Gasteiger partial charge in [-0.15, -0.1) is 0 Å². The maximum absolute atomic E-state index is 12.2. The fraction of sp³-hybridized carbons (Fsp3) is 0.500. The third kappa shape index (κ3) is 4.79. The lowest BCUT2D eigenvalue weighted by molar-refractivity contribution is 0.0165. The molecule has 1 N–H and O–H groups in total. The highest BCUT2D eigenvalue weighted by molar-refractivity contribution is 5.84. The Morgan fingerprint density at radius 3 is 2.84 bits per heavy atom. The molecule has 0 aliphatic carbocycles. The molecule has 1 unspecified atom stereocenters. The average Bonchev–Trinajstić information content (AvgIpc) is 3.13. The summed E-state index contributed by atoms with van der Waals surface area (Å²) in [7, 11) is 1.76. The summed E-state index contributed by atoms with van der Waals surface area (Å²) in [4.78, 5) is 30.8. The second-order valence-electron chi connectivity index (χ2n) is 8.55. The van der Waals surface area contributed by atoms with E-state index in [0.717, 1.165) is 43.7 Å². The molecule has 1 aliphatic heterocycles. The number of aromatic amines is 1. The Kier molecular flexibility index (Phi) is 6.35. The number of fused-ring (bicyclic) bond motifs is 1. The summed E-state index contributed by atoms with van der Waals surface area (Å²) in [6.45, 7) is 10.0. The van der Waals surface area contributed by atoms with Crippen molar-refractivity contribution in [3.63, 3.8) is 0 Å². The van der Waals surface area contributed by atoms with Crippen LogP contribution in [0.3, 0.4) is 0 Å². The normalized spacial score (nSPS) is 18.3. The molecule has 31 heavy (non-hydrogen) atoms. The second kappa shape index (κ2) is 9.17. The number of ether oxygens (including phenoxy) is 1. The number of hydrogen-bond acceptors (Lipinski definition) is 7. The monoisotopic (exact) mass is 427 g/mol. The van der Waals surface area contributed by atoms with E-state index in [1.165, 1.54) is 16.8 Å². The SMILES string of the molecule is COCC1CN(Cc2ccc3onc(-n4ccc(=O)[nH]c4=O)c3c2)CCN1CC(C)C. The Bertz CT molecular complexity index is 1150. The number of nitrogens with one attached hydrogen (secondary N) is 1. The van der Waals surface area contributed by atoms with Crippen molar-refractivity contribution in [3.05, 3.63) is 56.9 Å². The topological polar surface area (TPSA) is 96.6 Å². The lowest BCUT2D eigenvalue weighted by Gasteiger charge is -2.42.